The van der Waals surface area contributed by atoms with Crippen molar-refractivity contribution in [2.75, 3.05) is 27.2 Å². The zero-order chi connectivity index (χ0) is 15.0. The fraction of sp³-hybridized carbons (Fsp3) is 0.529. The van der Waals surface area contributed by atoms with Crippen LogP contribution >= 0.6 is 0 Å². The van der Waals surface area contributed by atoms with Gasteiger partial charge in [-0.2, -0.15) is 0 Å². The van der Waals surface area contributed by atoms with Gasteiger partial charge in [0.2, 0.25) is 6.79 Å². The highest BCUT2D eigenvalue weighted by molar-refractivity contribution is 5.49. The summed E-state index contributed by atoms with van der Waals surface area (Å²) >= 11 is 0. The number of rotatable bonds is 4. The van der Waals surface area contributed by atoms with Crippen molar-refractivity contribution < 1.29 is 18.9 Å². The van der Waals surface area contributed by atoms with Gasteiger partial charge in [-0.3, -0.25) is 0 Å². The molecule has 5 heteroatoms. The number of hydrogen-bond donors (Lipinski definition) is 1. The lowest BCUT2D eigenvalue weighted by atomic mass is 9.69. The van der Waals surface area contributed by atoms with Gasteiger partial charge in [0.1, 0.15) is 6.79 Å². The Kier molecular flexibility index (Phi) is 3.56. The molecule has 0 spiro atoms. The zero-order valence-electron chi connectivity index (χ0n) is 12.7. The third-order valence-electron chi connectivity index (χ3n) is 4.94. The molecular weight excluding hydrogens is 282 g/mol. The maximum absolute atomic E-state index is 5.70. The number of methoxy groups -OCH3 is 1. The lowest BCUT2D eigenvalue weighted by Gasteiger charge is -2.38. The second kappa shape index (κ2) is 5.57. The average molecular weight is 303 g/mol. The van der Waals surface area contributed by atoms with Crippen molar-refractivity contribution in [1.29, 1.82) is 0 Å². The van der Waals surface area contributed by atoms with Crippen molar-refractivity contribution in [3.05, 3.63) is 35.9 Å². The van der Waals surface area contributed by atoms with Crippen LogP contribution in [0.2, 0.25) is 0 Å². The first-order valence-corrected chi connectivity index (χ1v) is 7.75. The van der Waals surface area contributed by atoms with E-state index in [0.29, 0.717) is 19.6 Å². The SMILES string of the molecule is COCO[C@@H]1C=C[C@]2(c3ccc4c(c3)OCO4)CCN[C@@H]2C1. The lowest BCUT2D eigenvalue weighted by Crippen LogP contribution is -2.44. The molecule has 0 aromatic heterocycles. The molecule has 0 radical (unpaired) electrons. The molecule has 1 fully saturated rings. The minimum Gasteiger partial charge on any atom is -0.454 e. The summed E-state index contributed by atoms with van der Waals surface area (Å²) in [5.41, 5.74) is 1.31. The Bertz CT molecular complexity index is 588. The summed E-state index contributed by atoms with van der Waals surface area (Å²) in [5, 5.41) is 3.63. The zero-order valence-corrected chi connectivity index (χ0v) is 12.7. The van der Waals surface area contributed by atoms with Gasteiger partial charge in [-0.05, 0) is 37.1 Å². The van der Waals surface area contributed by atoms with Crippen LogP contribution in [0.1, 0.15) is 18.4 Å². The van der Waals surface area contributed by atoms with Crippen molar-refractivity contribution in [3.8, 4) is 11.5 Å². The molecule has 1 aliphatic carbocycles. The van der Waals surface area contributed by atoms with Crippen LogP contribution in [0.15, 0.2) is 30.4 Å². The van der Waals surface area contributed by atoms with Gasteiger partial charge in [0.15, 0.2) is 11.5 Å². The predicted molar refractivity (Wildman–Crippen MR) is 81.2 cm³/mol. The molecule has 2 aliphatic heterocycles. The van der Waals surface area contributed by atoms with E-state index in [-0.39, 0.29) is 11.5 Å². The van der Waals surface area contributed by atoms with Gasteiger partial charge in [-0.15, -0.1) is 0 Å². The van der Waals surface area contributed by atoms with Crippen molar-refractivity contribution >= 4 is 0 Å². The van der Waals surface area contributed by atoms with E-state index in [4.69, 9.17) is 18.9 Å². The van der Waals surface area contributed by atoms with Gasteiger partial charge in [0, 0.05) is 18.6 Å². The first kappa shape index (κ1) is 14.1. The Morgan fingerprint density at radius 3 is 3.14 bits per heavy atom. The molecule has 0 unspecified atom stereocenters. The molecule has 118 valence electrons. The van der Waals surface area contributed by atoms with E-state index in [1.165, 1.54) is 5.56 Å². The summed E-state index contributed by atoms with van der Waals surface area (Å²) in [4.78, 5) is 0. The molecule has 4 rings (SSSR count). The van der Waals surface area contributed by atoms with Crippen LogP contribution in [0.4, 0.5) is 0 Å². The van der Waals surface area contributed by atoms with Crippen molar-refractivity contribution in [1.82, 2.24) is 5.32 Å². The predicted octanol–water partition coefficient (Wildman–Crippen LogP) is 1.96. The van der Waals surface area contributed by atoms with Crippen LogP contribution in [0.25, 0.3) is 0 Å². The van der Waals surface area contributed by atoms with Gasteiger partial charge in [0.05, 0.1) is 6.10 Å². The first-order chi connectivity index (χ1) is 10.8. The molecule has 0 amide bonds. The van der Waals surface area contributed by atoms with Gasteiger partial charge in [-0.1, -0.05) is 18.2 Å². The molecule has 0 saturated carbocycles. The summed E-state index contributed by atoms with van der Waals surface area (Å²) < 4.78 is 21.7. The Morgan fingerprint density at radius 2 is 2.23 bits per heavy atom. The standard InChI is InChI=1S/C17H21NO4/c1-19-10-20-13-4-5-17(6-7-18-16(17)9-13)12-2-3-14-15(8-12)22-11-21-14/h2-5,8,13,16,18H,6-7,9-11H2,1H3/t13-,16-,17-/m1/s1. The molecule has 0 bridgehead atoms. The van der Waals surface area contributed by atoms with Crippen molar-refractivity contribution in [2.24, 2.45) is 0 Å². The topological polar surface area (TPSA) is 49.0 Å². The monoisotopic (exact) mass is 303 g/mol. The van der Waals surface area contributed by atoms with Crippen LogP contribution in [0, 0.1) is 0 Å². The molecule has 1 aromatic rings. The highest BCUT2D eigenvalue weighted by Gasteiger charge is 2.45. The summed E-state index contributed by atoms with van der Waals surface area (Å²) in [6, 6.07) is 6.68. The highest BCUT2D eigenvalue weighted by atomic mass is 16.7. The van der Waals surface area contributed by atoms with E-state index in [1.807, 2.05) is 6.07 Å². The normalized spacial score (nSPS) is 32.2. The number of fused-ring (bicyclic) bond motifs is 2. The van der Waals surface area contributed by atoms with E-state index in [1.54, 1.807) is 7.11 Å². The molecule has 3 atom stereocenters. The quantitative estimate of drug-likeness (QED) is 0.681. The maximum Gasteiger partial charge on any atom is 0.231 e. The fourth-order valence-electron chi connectivity index (χ4n) is 3.80. The Balaban J connectivity index is 1.64. The first-order valence-electron chi connectivity index (χ1n) is 7.75. The largest absolute Gasteiger partial charge is 0.454 e. The van der Waals surface area contributed by atoms with Gasteiger partial charge in [-0.25, -0.2) is 0 Å². The lowest BCUT2D eigenvalue weighted by molar-refractivity contribution is -0.0626. The van der Waals surface area contributed by atoms with Crippen LogP contribution in [0.3, 0.4) is 0 Å². The summed E-state index contributed by atoms with van der Waals surface area (Å²) in [6.45, 7) is 1.66. The third kappa shape index (κ3) is 2.20. The van der Waals surface area contributed by atoms with Crippen LogP contribution in [0.5, 0.6) is 11.5 Å². The molecule has 2 heterocycles. The molecular formula is C17H21NO4. The van der Waals surface area contributed by atoms with E-state index in [9.17, 15) is 0 Å². The molecule has 3 aliphatic rings. The van der Waals surface area contributed by atoms with Crippen LogP contribution < -0.4 is 14.8 Å². The van der Waals surface area contributed by atoms with Gasteiger partial charge in [0.25, 0.3) is 0 Å². The fourth-order valence-corrected chi connectivity index (χ4v) is 3.80. The van der Waals surface area contributed by atoms with Crippen molar-refractivity contribution in [3.63, 3.8) is 0 Å². The van der Waals surface area contributed by atoms with E-state index in [2.05, 4.69) is 29.6 Å². The third-order valence-corrected chi connectivity index (χ3v) is 4.94. The van der Waals surface area contributed by atoms with Gasteiger partial charge >= 0.3 is 0 Å². The second-order valence-electron chi connectivity index (χ2n) is 6.07. The average Bonchev–Trinajstić information content (AvgIpc) is 3.18. The Labute approximate surface area is 130 Å². The molecule has 1 aromatic carbocycles. The summed E-state index contributed by atoms with van der Waals surface area (Å²) in [6.07, 6.45) is 6.63. The number of nitrogens with one attached hydrogen (secondary N) is 1. The van der Waals surface area contributed by atoms with Crippen LogP contribution in [-0.4, -0.2) is 39.4 Å². The minimum absolute atomic E-state index is 0.0217. The van der Waals surface area contributed by atoms with E-state index in [0.717, 1.165) is 30.9 Å². The number of hydrogen-bond acceptors (Lipinski definition) is 5. The maximum atomic E-state index is 5.70. The van der Waals surface area contributed by atoms with Crippen LogP contribution in [-0.2, 0) is 14.9 Å². The summed E-state index contributed by atoms with van der Waals surface area (Å²) in [5.74, 6) is 1.69. The second-order valence-corrected chi connectivity index (χ2v) is 6.07. The smallest absolute Gasteiger partial charge is 0.231 e. The molecule has 5 nitrogen and oxygen atoms in total. The molecule has 22 heavy (non-hydrogen) atoms. The highest BCUT2D eigenvalue weighted by Crippen LogP contribution is 2.45. The number of ether oxygens (including phenoxy) is 4. The molecule has 1 N–H and O–H groups in total. The van der Waals surface area contributed by atoms with E-state index >= 15 is 0 Å². The summed E-state index contributed by atoms with van der Waals surface area (Å²) in [7, 11) is 1.65. The van der Waals surface area contributed by atoms with Crippen molar-refractivity contribution in [2.45, 2.75) is 30.4 Å². The molecule has 1 saturated heterocycles. The van der Waals surface area contributed by atoms with Gasteiger partial charge < -0.3 is 24.3 Å². The Hall–Kier alpha value is -1.56. The van der Waals surface area contributed by atoms with E-state index < -0.39 is 0 Å². The number of benzene rings is 1. The minimum atomic E-state index is 0.0217. The Morgan fingerprint density at radius 1 is 1.32 bits per heavy atom.